The molecule has 64 heavy (non-hydrogen) atoms. The zero-order valence-electron chi connectivity index (χ0n) is 34.5. The minimum Gasteiger partial charge on any atom is -0.307 e. The molecule has 6 nitrogen and oxygen atoms in total. The molecule has 5 heterocycles. The molecule has 0 aliphatic rings. The molecule has 0 radical (unpaired) electrons. The van der Waals surface area contributed by atoms with Gasteiger partial charge in [-0.15, -0.1) is 0 Å². The van der Waals surface area contributed by atoms with Gasteiger partial charge in [0.25, 0.3) is 0 Å². The van der Waals surface area contributed by atoms with Crippen LogP contribution < -0.4 is 0 Å². The van der Waals surface area contributed by atoms with E-state index in [4.69, 9.17) is 21.5 Å². The van der Waals surface area contributed by atoms with E-state index in [9.17, 15) is 0 Å². The van der Waals surface area contributed by atoms with Crippen LogP contribution >= 0.6 is 0 Å². The Morgan fingerprint density at radius 1 is 0.359 bits per heavy atom. The van der Waals surface area contributed by atoms with E-state index in [1.54, 1.807) is 0 Å². The van der Waals surface area contributed by atoms with E-state index in [2.05, 4.69) is 160 Å². The summed E-state index contributed by atoms with van der Waals surface area (Å²) in [6.45, 7) is 8.32. The van der Waals surface area contributed by atoms with Crippen LogP contribution in [0, 0.1) is 6.57 Å². The van der Waals surface area contributed by atoms with Crippen LogP contribution in [0.4, 0.5) is 5.69 Å². The average molecular weight is 817 g/mol. The number of rotatable bonds is 7. The first-order valence-electron chi connectivity index (χ1n) is 21.3. The van der Waals surface area contributed by atoms with Crippen LogP contribution in [-0.4, -0.2) is 24.1 Å². The van der Waals surface area contributed by atoms with Gasteiger partial charge in [0, 0.05) is 50.6 Å². The SMILES string of the molecule is [C-]#[N+]c1ccccc1-c1cc(-n2c3ccccc3c3ccc(-c4ccnc(-c5ccccc5)c4)cc32)ncc1-n1c2ccccc2c2ccc(-c3ccnc(-c4ccccc4)c3)cc21. The summed E-state index contributed by atoms with van der Waals surface area (Å²) in [6, 6.07) is 69.5. The van der Waals surface area contributed by atoms with Gasteiger partial charge >= 0.3 is 0 Å². The molecule has 0 N–H and O–H groups in total. The van der Waals surface area contributed by atoms with Crippen molar-refractivity contribution in [3.05, 3.63) is 230 Å². The number of hydrogen-bond donors (Lipinski definition) is 0. The molecule has 298 valence electrons. The maximum atomic E-state index is 8.32. The van der Waals surface area contributed by atoms with E-state index in [0.29, 0.717) is 5.69 Å². The van der Waals surface area contributed by atoms with E-state index in [1.165, 1.54) is 0 Å². The molecule has 0 saturated heterocycles. The summed E-state index contributed by atoms with van der Waals surface area (Å²) in [4.78, 5) is 18.8. The molecule has 0 fully saturated rings. The van der Waals surface area contributed by atoms with Gasteiger partial charge in [0.05, 0.1) is 51.9 Å². The first-order valence-corrected chi connectivity index (χ1v) is 21.3. The molecular weight excluding hydrogens is 781 g/mol. The van der Waals surface area contributed by atoms with Gasteiger partial charge in [0.2, 0.25) is 0 Å². The first kappa shape index (κ1) is 36.9. The minimum absolute atomic E-state index is 0.573. The molecule has 12 aromatic rings. The Bertz CT molecular complexity index is 3800. The lowest BCUT2D eigenvalue weighted by Gasteiger charge is -2.17. The predicted molar refractivity (Wildman–Crippen MR) is 262 cm³/mol. The smallest absolute Gasteiger partial charge is 0.194 e. The predicted octanol–water partition coefficient (Wildman–Crippen LogP) is 15.0. The van der Waals surface area contributed by atoms with Crippen molar-refractivity contribution in [3.8, 4) is 67.4 Å². The Hall–Kier alpha value is -8.92. The highest BCUT2D eigenvalue weighted by molar-refractivity contribution is 6.12. The fraction of sp³-hybridized carbons (Fsp3) is 0. The molecule has 0 unspecified atom stereocenters. The number of nitrogens with zero attached hydrogens (tertiary/aromatic N) is 6. The number of aromatic nitrogens is 5. The third kappa shape index (κ3) is 6.14. The van der Waals surface area contributed by atoms with Crippen LogP contribution in [0.2, 0.25) is 0 Å². The number of benzene rings is 7. The zero-order valence-corrected chi connectivity index (χ0v) is 34.5. The van der Waals surface area contributed by atoms with Crippen LogP contribution in [-0.2, 0) is 0 Å². The summed E-state index contributed by atoms with van der Waals surface area (Å²) in [6.07, 6.45) is 5.76. The van der Waals surface area contributed by atoms with E-state index in [1.807, 2.05) is 73.2 Å². The molecule has 12 rings (SSSR count). The summed E-state index contributed by atoms with van der Waals surface area (Å²) in [7, 11) is 0. The molecule has 0 aliphatic carbocycles. The lowest BCUT2D eigenvalue weighted by molar-refractivity contribution is 1.06. The van der Waals surface area contributed by atoms with Crippen molar-refractivity contribution in [2.24, 2.45) is 0 Å². The summed E-state index contributed by atoms with van der Waals surface area (Å²) < 4.78 is 4.58. The van der Waals surface area contributed by atoms with Crippen LogP contribution in [0.5, 0.6) is 0 Å². The van der Waals surface area contributed by atoms with E-state index < -0.39 is 0 Å². The van der Waals surface area contributed by atoms with Crippen molar-refractivity contribution in [1.82, 2.24) is 24.1 Å². The lowest BCUT2D eigenvalue weighted by Crippen LogP contribution is -2.03. The molecular formula is C58H36N6. The van der Waals surface area contributed by atoms with E-state index >= 15 is 0 Å². The largest absolute Gasteiger partial charge is 0.307 e. The Morgan fingerprint density at radius 3 is 1.44 bits per heavy atom. The fourth-order valence-electron chi connectivity index (χ4n) is 9.31. The fourth-order valence-corrected chi connectivity index (χ4v) is 9.31. The van der Waals surface area contributed by atoms with Gasteiger partial charge < -0.3 is 4.57 Å². The van der Waals surface area contributed by atoms with Crippen molar-refractivity contribution < 1.29 is 0 Å². The van der Waals surface area contributed by atoms with Crippen LogP contribution in [0.25, 0.3) is 116 Å². The molecule has 0 spiro atoms. The second kappa shape index (κ2) is 15.2. The molecule has 0 amide bonds. The maximum absolute atomic E-state index is 8.32. The summed E-state index contributed by atoms with van der Waals surface area (Å²) in [5.74, 6) is 0.758. The third-order valence-corrected chi connectivity index (χ3v) is 12.3. The van der Waals surface area contributed by atoms with Crippen molar-refractivity contribution in [3.63, 3.8) is 0 Å². The van der Waals surface area contributed by atoms with Crippen molar-refractivity contribution in [1.29, 1.82) is 0 Å². The third-order valence-electron chi connectivity index (χ3n) is 12.3. The monoisotopic (exact) mass is 816 g/mol. The highest BCUT2D eigenvalue weighted by Crippen LogP contribution is 2.42. The van der Waals surface area contributed by atoms with Crippen molar-refractivity contribution in [2.45, 2.75) is 0 Å². The highest BCUT2D eigenvalue weighted by atomic mass is 15.1. The Balaban J connectivity index is 1.08. The summed E-state index contributed by atoms with van der Waals surface area (Å²) in [5, 5.41) is 4.54. The Morgan fingerprint density at radius 2 is 0.844 bits per heavy atom. The molecule has 6 heteroatoms. The molecule has 0 aliphatic heterocycles. The molecule has 0 saturated carbocycles. The summed E-state index contributed by atoms with van der Waals surface area (Å²) >= 11 is 0. The molecule has 0 bridgehead atoms. The molecule has 0 atom stereocenters. The first-order chi connectivity index (χ1) is 31.7. The van der Waals surface area contributed by atoms with Gasteiger partial charge in [0.1, 0.15) is 5.82 Å². The van der Waals surface area contributed by atoms with Crippen LogP contribution in [0.1, 0.15) is 0 Å². The summed E-state index contributed by atoms with van der Waals surface area (Å²) in [5.41, 5.74) is 15.7. The number of hydrogen-bond acceptors (Lipinski definition) is 3. The van der Waals surface area contributed by atoms with Crippen LogP contribution in [0.3, 0.4) is 0 Å². The second-order valence-corrected chi connectivity index (χ2v) is 15.9. The van der Waals surface area contributed by atoms with E-state index in [0.717, 1.165) is 111 Å². The Labute approximate surface area is 369 Å². The van der Waals surface area contributed by atoms with Gasteiger partial charge in [-0.25, -0.2) is 9.83 Å². The Kier molecular flexibility index (Phi) is 8.77. The number of pyridine rings is 3. The number of fused-ring (bicyclic) bond motifs is 6. The van der Waals surface area contributed by atoms with Gasteiger partial charge in [-0.2, -0.15) is 0 Å². The molecule has 7 aromatic carbocycles. The van der Waals surface area contributed by atoms with Gasteiger partial charge in [0.15, 0.2) is 5.69 Å². The maximum Gasteiger partial charge on any atom is 0.194 e. The van der Waals surface area contributed by atoms with Gasteiger partial charge in [-0.3, -0.25) is 14.5 Å². The average Bonchev–Trinajstić information content (AvgIpc) is 3.89. The normalized spacial score (nSPS) is 11.4. The highest BCUT2D eigenvalue weighted by Gasteiger charge is 2.22. The van der Waals surface area contributed by atoms with E-state index in [-0.39, 0.29) is 0 Å². The van der Waals surface area contributed by atoms with Gasteiger partial charge in [-0.05, 0) is 82.4 Å². The second-order valence-electron chi connectivity index (χ2n) is 15.9. The number of para-hydroxylation sites is 3. The van der Waals surface area contributed by atoms with Crippen LogP contribution in [0.15, 0.2) is 219 Å². The van der Waals surface area contributed by atoms with Crippen molar-refractivity contribution >= 4 is 49.3 Å². The molecule has 5 aromatic heterocycles. The van der Waals surface area contributed by atoms with Gasteiger partial charge in [-0.1, -0.05) is 146 Å². The van der Waals surface area contributed by atoms with Crippen molar-refractivity contribution in [2.75, 3.05) is 0 Å². The quantitative estimate of drug-likeness (QED) is 0.151. The lowest BCUT2D eigenvalue weighted by atomic mass is 10.0. The minimum atomic E-state index is 0.573. The topological polar surface area (TPSA) is 52.9 Å². The zero-order chi connectivity index (χ0) is 42.6. The standard InChI is InChI=1S/C58H36N6/c1-59-50-21-11-8-18-44(50)49-36-58(64-54-23-13-10-20-46(54)48-27-25-41(35-56(48)64)43-29-31-61-52(33-43)39-16-6-3-7-17-39)62-37-57(49)63-53-22-12-9-19-45(53)47-26-24-40(34-55(47)63)42-28-30-60-51(32-42)38-14-4-2-5-15-38/h2-37H.